The van der Waals surface area contributed by atoms with Crippen LogP contribution in [0.15, 0.2) is 35.9 Å². The average molecular weight is 471 g/mol. The summed E-state index contributed by atoms with van der Waals surface area (Å²) in [6.45, 7) is 4.06. The number of benzene rings is 2. The number of ether oxygens (including phenoxy) is 3. The van der Waals surface area contributed by atoms with Crippen molar-refractivity contribution in [2.75, 3.05) is 25.2 Å². The van der Waals surface area contributed by atoms with E-state index in [2.05, 4.69) is 5.32 Å². The van der Waals surface area contributed by atoms with E-state index in [-0.39, 0.29) is 29.4 Å². The molecule has 0 radical (unpaired) electrons. The number of barbiturate groups is 1. The predicted octanol–water partition coefficient (Wildman–Crippen LogP) is 2.77. The van der Waals surface area contributed by atoms with Crippen molar-refractivity contribution in [3.05, 3.63) is 51.6 Å². The molecule has 0 atom stereocenters. The summed E-state index contributed by atoms with van der Waals surface area (Å²) in [6, 6.07) is 5.72. The lowest BCUT2D eigenvalue weighted by Gasteiger charge is -2.28. The lowest BCUT2D eigenvalue weighted by molar-refractivity contribution is -0.386. The van der Waals surface area contributed by atoms with Gasteiger partial charge >= 0.3 is 11.7 Å². The van der Waals surface area contributed by atoms with Crippen LogP contribution in [0, 0.1) is 10.1 Å². The van der Waals surface area contributed by atoms with E-state index in [0.717, 1.165) is 12.1 Å². The van der Waals surface area contributed by atoms with Gasteiger partial charge in [0.15, 0.2) is 5.75 Å². The van der Waals surface area contributed by atoms with Crippen molar-refractivity contribution in [1.29, 1.82) is 0 Å². The monoisotopic (exact) mass is 471 g/mol. The zero-order chi connectivity index (χ0) is 25.0. The number of phenols is 1. The molecule has 0 unspecified atom stereocenters. The van der Waals surface area contributed by atoms with Crippen molar-refractivity contribution < 1.29 is 38.6 Å². The molecular formula is C22H21N3O9. The first kappa shape index (κ1) is 24.0. The molecule has 0 bridgehead atoms. The number of phenolic OH excluding ortho intramolecular Hbond substituents is 1. The molecule has 1 saturated heterocycles. The minimum absolute atomic E-state index is 0.0160. The summed E-state index contributed by atoms with van der Waals surface area (Å²) in [4.78, 5) is 49.6. The fourth-order valence-corrected chi connectivity index (χ4v) is 3.24. The summed E-state index contributed by atoms with van der Waals surface area (Å²) in [6.07, 6.45) is 1.05. The van der Waals surface area contributed by atoms with E-state index in [1.165, 1.54) is 25.3 Å². The van der Waals surface area contributed by atoms with Gasteiger partial charge in [0.05, 0.1) is 30.9 Å². The van der Waals surface area contributed by atoms with Gasteiger partial charge in [-0.1, -0.05) is 0 Å². The van der Waals surface area contributed by atoms with Crippen molar-refractivity contribution in [2.24, 2.45) is 0 Å². The first-order valence-electron chi connectivity index (χ1n) is 10.1. The molecule has 0 aromatic heterocycles. The molecule has 4 amide bonds. The second kappa shape index (κ2) is 9.90. The van der Waals surface area contributed by atoms with Gasteiger partial charge in [-0.15, -0.1) is 0 Å². The standard InChI is InChI=1S/C22H21N3O9/c1-4-33-13-6-7-17(34-5-2)15(11-13)24-21(28)14(20(27)23-22(24)29)8-12-9-16(25(30)31)19(26)18(10-12)32-3/h6-11,26H,4-5H2,1-3H3,(H,23,27,29)/b14-8+. The highest BCUT2D eigenvalue weighted by molar-refractivity contribution is 6.39. The van der Waals surface area contributed by atoms with Gasteiger partial charge in [-0.05, 0) is 43.7 Å². The number of nitrogens with one attached hydrogen (secondary N) is 1. The van der Waals surface area contributed by atoms with Crippen LogP contribution in [0.1, 0.15) is 19.4 Å². The Bertz CT molecular complexity index is 1210. The number of amides is 4. The number of nitro groups is 1. The summed E-state index contributed by atoms with van der Waals surface area (Å²) >= 11 is 0. The average Bonchev–Trinajstić information content (AvgIpc) is 2.79. The lowest BCUT2D eigenvalue weighted by atomic mass is 10.1. The Hall–Kier alpha value is -4.61. The number of hydrogen-bond acceptors (Lipinski definition) is 9. The Morgan fingerprint density at radius 1 is 1.09 bits per heavy atom. The number of hydrogen-bond donors (Lipinski definition) is 2. The highest BCUT2D eigenvalue weighted by Crippen LogP contribution is 2.38. The second-order valence-electron chi connectivity index (χ2n) is 6.80. The molecule has 12 nitrogen and oxygen atoms in total. The molecule has 1 aliphatic rings. The van der Waals surface area contributed by atoms with Crippen LogP contribution in [-0.4, -0.2) is 48.2 Å². The van der Waals surface area contributed by atoms with Crippen molar-refractivity contribution in [3.8, 4) is 23.0 Å². The summed E-state index contributed by atoms with van der Waals surface area (Å²) in [7, 11) is 1.19. The number of imide groups is 2. The Balaban J connectivity index is 2.12. The molecule has 1 heterocycles. The smallest absolute Gasteiger partial charge is 0.336 e. The topological polar surface area (TPSA) is 158 Å². The molecule has 2 aromatic carbocycles. The van der Waals surface area contributed by atoms with Crippen LogP contribution >= 0.6 is 0 Å². The number of carbonyl (C=O) groups is 3. The van der Waals surface area contributed by atoms with E-state index < -0.39 is 39.8 Å². The number of anilines is 1. The number of carbonyl (C=O) groups excluding carboxylic acids is 3. The number of aromatic hydroxyl groups is 1. The third kappa shape index (κ3) is 4.60. The Kier molecular flexibility index (Phi) is 7.00. The van der Waals surface area contributed by atoms with Gasteiger partial charge in [0, 0.05) is 12.1 Å². The van der Waals surface area contributed by atoms with Crippen LogP contribution in [0.25, 0.3) is 6.08 Å². The van der Waals surface area contributed by atoms with E-state index in [9.17, 15) is 29.6 Å². The van der Waals surface area contributed by atoms with E-state index in [0.29, 0.717) is 17.3 Å². The molecular weight excluding hydrogens is 450 g/mol. The van der Waals surface area contributed by atoms with Crippen molar-refractivity contribution >= 4 is 35.3 Å². The van der Waals surface area contributed by atoms with Gasteiger partial charge in [0.25, 0.3) is 11.8 Å². The number of urea groups is 1. The Morgan fingerprint density at radius 3 is 2.41 bits per heavy atom. The predicted molar refractivity (Wildman–Crippen MR) is 119 cm³/mol. The lowest BCUT2D eigenvalue weighted by Crippen LogP contribution is -2.54. The summed E-state index contributed by atoms with van der Waals surface area (Å²) < 4.78 is 15.9. The maximum absolute atomic E-state index is 13.3. The number of rotatable bonds is 8. The SMILES string of the molecule is CCOc1ccc(OCC)c(N2C(=O)NC(=O)/C(=C\c3cc(OC)c(O)c([N+](=O)[O-])c3)C2=O)c1. The van der Waals surface area contributed by atoms with Crippen LogP contribution in [0.4, 0.5) is 16.2 Å². The second-order valence-corrected chi connectivity index (χ2v) is 6.80. The molecule has 0 saturated carbocycles. The highest BCUT2D eigenvalue weighted by atomic mass is 16.6. The number of methoxy groups -OCH3 is 1. The molecule has 2 N–H and O–H groups in total. The molecule has 34 heavy (non-hydrogen) atoms. The normalized spacial score (nSPS) is 14.7. The maximum atomic E-state index is 13.3. The van der Waals surface area contributed by atoms with Crippen molar-refractivity contribution in [2.45, 2.75) is 13.8 Å². The minimum Gasteiger partial charge on any atom is -0.500 e. The van der Waals surface area contributed by atoms with Gasteiger partial charge in [-0.2, -0.15) is 0 Å². The fourth-order valence-electron chi connectivity index (χ4n) is 3.24. The summed E-state index contributed by atoms with van der Waals surface area (Å²) in [5, 5.41) is 23.3. The van der Waals surface area contributed by atoms with Crippen LogP contribution < -0.4 is 24.4 Å². The van der Waals surface area contributed by atoms with E-state index >= 15 is 0 Å². The molecule has 2 aromatic rings. The number of nitro benzene ring substituents is 1. The maximum Gasteiger partial charge on any atom is 0.336 e. The minimum atomic E-state index is -1.00. The first-order valence-corrected chi connectivity index (χ1v) is 10.1. The Morgan fingerprint density at radius 2 is 1.79 bits per heavy atom. The zero-order valence-corrected chi connectivity index (χ0v) is 18.5. The first-order chi connectivity index (χ1) is 16.2. The summed E-state index contributed by atoms with van der Waals surface area (Å²) in [5.74, 6) is -2.37. The molecule has 1 aliphatic heterocycles. The van der Waals surface area contributed by atoms with Crippen LogP contribution in [0.2, 0.25) is 0 Å². The molecule has 0 aliphatic carbocycles. The van der Waals surface area contributed by atoms with Gasteiger partial charge in [0.2, 0.25) is 5.75 Å². The zero-order valence-electron chi connectivity index (χ0n) is 18.5. The van der Waals surface area contributed by atoms with E-state index in [1.54, 1.807) is 19.9 Å². The Labute approximate surface area is 193 Å². The molecule has 12 heteroatoms. The quantitative estimate of drug-likeness (QED) is 0.256. The van der Waals surface area contributed by atoms with E-state index in [4.69, 9.17) is 14.2 Å². The third-order valence-electron chi connectivity index (χ3n) is 4.69. The molecule has 178 valence electrons. The molecule has 0 spiro atoms. The van der Waals surface area contributed by atoms with Crippen LogP contribution in [-0.2, 0) is 9.59 Å². The fraction of sp³-hybridized carbons (Fsp3) is 0.227. The van der Waals surface area contributed by atoms with Crippen LogP contribution in [0.5, 0.6) is 23.0 Å². The highest BCUT2D eigenvalue weighted by Gasteiger charge is 2.38. The van der Waals surface area contributed by atoms with Crippen molar-refractivity contribution in [3.63, 3.8) is 0 Å². The molecule has 1 fully saturated rings. The largest absolute Gasteiger partial charge is 0.500 e. The third-order valence-corrected chi connectivity index (χ3v) is 4.69. The van der Waals surface area contributed by atoms with E-state index in [1.807, 2.05) is 0 Å². The number of nitrogens with zero attached hydrogens (tertiary/aromatic N) is 2. The van der Waals surface area contributed by atoms with Gasteiger partial charge < -0.3 is 19.3 Å². The summed E-state index contributed by atoms with van der Waals surface area (Å²) in [5.41, 5.74) is -1.11. The van der Waals surface area contributed by atoms with Gasteiger partial charge in [0.1, 0.15) is 17.1 Å². The van der Waals surface area contributed by atoms with Crippen LogP contribution in [0.3, 0.4) is 0 Å². The van der Waals surface area contributed by atoms with Crippen molar-refractivity contribution in [1.82, 2.24) is 5.32 Å². The van der Waals surface area contributed by atoms with Gasteiger partial charge in [-0.25, -0.2) is 9.69 Å². The molecule has 3 rings (SSSR count). The van der Waals surface area contributed by atoms with Gasteiger partial charge in [-0.3, -0.25) is 25.0 Å².